The molecule has 4 rings (SSSR count). The molecule has 1 aromatic carbocycles. The Morgan fingerprint density at radius 1 is 1.29 bits per heavy atom. The smallest absolute Gasteiger partial charge is 0.240 e. The van der Waals surface area contributed by atoms with Crippen LogP contribution in [0, 0.1) is 6.92 Å². The number of benzene rings is 1. The predicted octanol–water partition coefficient (Wildman–Crippen LogP) is 2.03. The predicted molar refractivity (Wildman–Crippen MR) is 86.0 cm³/mol. The SMILES string of the molecule is Cc1nc2cc3c(cc2n1CC(=O)NCc1ccco1)OCCO3. The second-order valence-electron chi connectivity index (χ2n) is 5.59. The van der Waals surface area contributed by atoms with Crippen molar-refractivity contribution < 1.29 is 18.7 Å². The topological polar surface area (TPSA) is 78.5 Å². The van der Waals surface area contributed by atoms with Gasteiger partial charge in [0.2, 0.25) is 5.91 Å². The molecule has 1 N–H and O–H groups in total. The van der Waals surface area contributed by atoms with Crippen molar-refractivity contribution in [1.29, 1.82) is 0 Å². The van der Waals surface area contributed by atoms with E-state index in [4.69, 9.17) is 13.9 Å². The zero-order chi connectivity index (χ0) is 16.5. The summed E-state index contributed by atoms with van der Waals surface area (Å²) in [7, 11) is 0. The normalized spacial score (nSPS) is 13.2. The minimum absolute atomic E-state index is 0.108. The number of imidazole rings is 1. The number of carbonyl (C=O) groups is 1. The summed E-state index contributed by atoms with van der Waals surface area (Å²) < 4.78 is 18.3. The Bertz CT molecular complexity index is 883. The van der Waals surface area contributed by atoms with Crippen molar-refractivity contribution in [2.75, 3.05) is 13.2 Å². The molecule has 0 saturated carbocycles. The molecular weight excluding hydrogens is 310 g/mol. The van der Waals surface area contributed by atoms with E-state index in [9.17, 15) is 4.79 Å². The summed E-state index contributed by atoms with van der Waals surface area (Å²) in [5.74, 6) is 2.76. The molecule has 2 aromatic heterocycles. The van der Waals surface area contributed by atoms with Gasteiger partial charge in [0.05, 0.1) is 23.8 Å². The first kappa shape index (κ1) is 14.6. The highest BCUT2D eigenvalue weighted by atomic mass is 16.6. The number of hydrogen-bond acceptors (Lipinski definition) is 5. The van der Waals surface area contributed by atoms with Gasteiger partial charge in [-0.25, -0.2) is 4.98 Å². The standard InChI is InChI=1S/C17H17N3O4/c1-11-19-13-7-15-16(24-6-5-23-15)8-14(13)20(11)10-17(21)18-9-12-3-2-4-22-12/h2-4,7-8H,5-6,9-10H2,1H3,(H,18,21). The number of nitrogens with one attached hydrogen (secondary N) is 1. The summed E-state index contributed by atoms with van der Waals surface area (Å²) in [4.78, 5) is 16.7. The molecule has 124 valence electrons. The molecule has 0 bridgehead atoms. The molecule has 0 fully saturated rings. The van der Waals surface area contributed by atoms with Gasteiger partial charge in [-0.05, 0) is 19.1 Å². The number of rotatable bonds is 4. The van der Waals surface area contributed by atoms with Crippen LogP contribution >= 0.6 is 0 Å². The fraction of sp³-hybridized carbons (Fsp3) is 0.294. The van der Waals surface area contributed by atoms with Crippen molar-refractivity contribution in [3.8, 4) is 11.5 Å². The van der Waals surface area contributed by atoms with Crippen molar-refractivity contribution in [3.63, 3.8) is 0 Å². The van der Waals surface area contributed by atoms with Gasteiger partial charge >= 0.3 is 0 Å². The monoisotopic (exact) mass is 327 g/mol. The molecule has 1 aliphatic rings. The minimum Gasteiger partial charge on any atom is -0.486 e. The summed E-state index contributed by atoms with van der Waals surface area (Å²) in [6.45, 7) is 3.48. The third-order valence-corrected chi connectivity index (χ3v) is 3.94. The lowest BCUT2D eigenvalue weighted by molar-refractivity contribution is -0.121. The molecule has 1 aliphatic heterocycles. The zero-order valence-electron chi connectivity index (χ0n) is 13.2. The van der Waals surface area contributed by atoms with Gasteiger partial charge in [-0.15, -0.1) is 0 Å². The highest BCUT2D eigenvalue weighted by molar-refractivity contribution is 5.83. The molecular formula is C17H17N3O4. The van der Waals surface area contributed by atoms with E-state index in [0.29, 0.717) is 31.3 Å². The molecule has 1 amide bonds. The van der Waals surface area contributed by atoms with Crippen LogP contribution in [0.4, 0.5) is 0 Å². The Morgan fingerprint density at radius 2 is 2.08 bits per heavy atom. The fourth-order valence-corrected chi connectivity index (χ4v) is 2.78. The van der Waals surface area contributed by atoms with Crippen molar-refractivity contribution >= 4 is 16.9 Å². The van der Waals surface area contributed by atoms with E-state index in [-0.39, 0.29) is 12.5 Å². The summed E-state index contributed by atoms with van der Waals surface area (Å²) in [6.07, 6.45) is 1.58. The van der Waals surface area contributed by atoms with Crippen LogP contribution < -0.4 is 14.8 Å². The van der Waals surface area contributed by atoms with Crippen molar-refractivity contribution in [1.82, 2.24) is 14.9 Å². The summed E-state index contributed by atoms with van der Waals surface area (Å²) >= 11 is 0. The van der Waals surface area contributed by atoms with Gasteiger partial charge in [0.15, 0.2) is 11.5 Å². The summed E-state index contributed by atoms with van der Waals surface area (Å²) in [6, 6.07) is 7.35. The van der Waals surface area contributed by atoms with E-state index in [1.54, 1.807) is 12.3 Å². The zero-order valence-corrected chi connectivity index (χ0v) is 13.2. The van der Waals surface area contributed by atoms with Crippen molar-refractivity contribution in [3.05, 3.63) is 42.1 Å². The van der Waals surface area contributed by atoms with Gasteiger partial charge in [0.25, 0.3) is 0 Å². The van der Waals surface area contributed by atoms with E-state index in [1.807, 2.05) is 29.7 Å². The van der Waals surface area contributed by atoms with Crippen molar-refractivity contribution in [2.24, 2.45) is 0 Å². The maximum Gasteiger partial charge on any atom is 0.240 e. The van der Waals surface area contributed by atoms with Gasteiger partial charge in [0.1, 0.15) is 31.3 Å². The molecule has 0 radical (unpaired) electrons. The van der Waals surface area contributed by atoms with Crippen LogP contribution in [0.5, 0.6) is 11.5 Å². The largest absolute Gasteiger partial charge is 0.486 e. The van der Waals surface area contributed by atoms with Crippen LogP contribution in [0.1, 0.15) is 11.6 Å². The van der Waals surface area contributed by atoms with Crippen LogP contribution in [0.25, 0.3) is 11.0 Å². The first-order valence-corrected chi connectivity index (χ1v) is 7.76. The number of aryl methyl sites for hydroxylation is 1. The van der Waals surface area contributed by atoms with Gasteiger partial charge < -0.3 is 23.8 Å². The quantitative estimate of drug-likeness (QED) is 0.793. The van der Waals surface area contributed by atoms with E-state index in [0.717, 1.165) is 22.6 Å². The molecule has 0 spiro atoms. The number of carbonyl (C=O) groups excluding carboxylic acids is 1. The molecule has 3 heterocycles. The number of amides is 1. The van der Waals surface area contributed by atoms with E-state index < -0.39 is 0 Å². The van der Waals surface area contributed by atoms with Gasteiger partial charge in [0, 0.05) is 12.1 Å². The van der Waals surface area contributed by atoms with Crippen LogP contribution in [0.3, 0.4) is 0 Å². The molecule has 0 aliphatic carbocycles. The number of nitrogens with zero attached hydrogens (tertiary/aromatic N) is 2. The summed E-state index contributed by atoms with van der Waals surface area (Å²) in [5, 5.41) is 2.84. The van der Waals surface area contributed by atoms with E-state index in [2.05, 4.69) is 10.3 Å². The molecule has 0 saturated heterocycles. The second-order valence-corrected chi connectivity index (χ2v) is 5.59. The number of ether oxygens (including phenoxy) is 2. The Kier molecular flexibility index (Phi) is 3.60. The van der Waals surface area contributed by atoms with Crippen LogP contribution in [-0.4, -0.2) is 28.7 Å². The summed E-state index contributed by atoms with van der Waals surface area (Å²) in [5.41, 5.74) is 1.64. The first-order valence-electron chi connectivity index (χ1n) is 7.76. The Labute approximate surface area is 138 Å². The van der Waals surface area contributed by atoms with E-state index in [1.165, 1.54) is 0 Å². The lowest BCUT2D eigenvalue weighted by Gasteiger charge is -2.18. The number of hydrogen-bond donors (Lipinski definition) is 1. The van der Waals surface area contributed by atoms with Crippen molar-refractivity contribution in [2.45, 2.75) is 20.0 Å². The van der Waals surface area contributed by atoms with Crippen LogP contribution in [-0.2, 0) is 17.9 Å². The molecule has 0 atom stereocenters. The fourth-order valence-electron chi connectivity index (χ4n) is 2.78. The minimum atomic E-state index is -0.108. The highest BCUT2D eigenvalue weighted by Crippen LogP contribution is 2.34. The van der Waals surface area contributed by atoms with Gasteiger partial charge in [-0.1, -0.05) is 0 Å². The maximum atomic E-state index is 12.2. The molecule has 7 heteroatoms. The Balaban J connectivity index is 1.56. The average Bonchev–Trinajstić information content (AvgIpc) is 3.20. The number of furan rings is 1. The first-order chi connectivity index (χ1) is 11.7. The number of aromatic nitrogens is 2. The van der Waals surface area contributed by atoms with Gasteiger partial charge in [-0.3, -0.25) is 4.79 Å². The molecule has 7 nitrogen and oxygen atoms in total. The second kappa shape index (κ2) is 5.92. The molecule has 24 heavy (non-hydrogen) atoms. The highest BCUT2D eigenvalue weighted by Gasteiger charge is 2.18. The third kappa shape index (κ3) is 2.68. The molecule has 3 aromatic rings. The number of fused-ring (bicyclic) bond motifs is 2. The average molecular weight is 327 g/mol. The van der Waals surface area contributed by atoms with Gasteiger partial charge in [-0.2, -0.15) is 0 Å². The Hall–Kier alpha value is -2.96. The maximum absolute atomic E-state index is 12.2. The van der Waals surface area contributed by atoms with E-state index >= 15 is 0 Å². The third-order valence-electron chi connectivity index (χ3n) is 3.94. The lowest BCUT2D eigenvalue weighted by atomic mass is 10.2. The van der Waals surface area contributed by atoms with Crippen LogP contribution in [0.15, 0.2) is 34.9 Å². The van der Waals surface area contributed by atoms with Crippen LogP contribution in [0.2, 0.25) is 0 Å². The molecule has 0 unspecified atom stereocenters. The Morgan fingerprint density at radius 3 is 2.83 bits per heavy atom. The lowest BCUT2D eigenvalue weighted by Crippen LogP contribution is -2.27.